The summed E-state index contributed by atoms with van der Waals surface area (Å²) in [6, 6.07) is 5.20. The van der Waals surface area contributed by atoms with Crippen molar-refractivity contribution in [3.05, 3.63) is 35.6 Å². The SMILES string of the molecule is CN1C(=O)N(C[C@@H](O)c2cccc(F)c2)C(=O)C12CCCCC2. The molecule has 23 heavy (non-hydrogen) atoms. The van der Waals surface area contributed by atoms with Crippen LogP contribution in [0.25, 0.3) is 0 Å². The number of urea groups is 1. The number of hydrogen-bond donors (Lipinski definition) is 1. The molecule has 0 bridgehead atoms. The Balaban J connectivity index is 1.80. The van der Waals surface area contributed by atoms with E-state index >= 15 is 0 Å². The number of rotatable bonds is 3. The van der Waals surface area contributed by atoms with Crippen LogP contribution in [-0.4, -0.2) is 46.0 Å². The Morgan fingerprint density at radius 1 is 1.26 bits per heavy atom. The lowest BCUT2D eigenvalue weighted by molar-refractivity contribution is -0.135. The molecular formula is C17H21FN2O3. The normalized spacial score (nSPS) is 22.0. The van der Waals surface area contributed by atoms with Crippen molar-refractivity contribution >= 4 is 11.9 Å². The summed E-state index contributed by atoms with van der Waals surface area (Å²) in [5.41, 5.74) is -0.394. The fourth-order valence-corrected chi connectivity index (χ4v) is 3.68. The molecule has 1 atom stereocenters. The summed E-state index contributed by atoms with van der Waals surface area (Å²) in [5.74, 6) is -0.693. The lowest BCUT2D eigenvalue weighted by Crippen LogP contribution is -2.49. The number of aliphatic hydroxyl groups excluding tert-OH is 1. The second-order valence-corrected chi connectivity index (χ2v) is 6.42. The van der Waals surface area contributed by atoms with Crippen LogP contribution in [0.2, 0.25) is 0 Å². The molecule has 1 aliphatic carbocycles. The van der Waals surface area contributed by atoms with E-state index in [2.05, 4.69) is 0 Å². The highest BCUT2D eigenvalue weighted by atomic mass is 19.1. The molecule has 124 valence electrons. The lowest BCUT2D eigenvalue weighted by Gasteiger charge is -2.35. The average Bonchev–Trinajstić information content (AvgIpc) is 2.72. The van der Waals surface area contributed by atoms with E-state index < -0.39 is 17.5 Å². The Morgan fingerprint density at radius 2 is 1.96 bits per heavy atom. The minimum atomic E-state index is -1.09. The Hall–Kier alpha value is -1.95. The van der Waals surface area contributed by atoms with Crippen LogP contribution in [0.5, 0.6) is 0 Å². The average molecular weight is 320 g/mol. The van der Waals surface area contributed by atoms with Gasteiger partial charge < -0.3 is 10.0 Å². The predicted octanol–water partition coefficient (Wildman–Crippen LogP) is 2.46. The summed E-state index contributed by atoms with van der Waals surface area (Å²) < 4.78 is 13.3. The maximum absolute atomic E-state index is 13.3. The maximum atomic E-state index is 13.3. The molecular weight excluding hydrogens is 299 g/mol. The van der Waals surface area contributed by atoms with Crippen LogP contribution in [0.4, 0.5) is 9.18 Å². The number of carbonyl (C=O) groups is 2. The predicted molar refractivity (Wildman–Crippen MR) is 82.0 cm³/mol. The van der Waals surface area contributed by atoms with Gasteiger partial charge in [-0.05, 0) is 30.5 Å². The summed E-state index contributed by atoms with van der Waals surface area (Å²) in [7, 11) is 1.65. The van der Waals surface area contributed by atoms with Crippen molar-refractivity contribution < 1.29 is 19.1 Å². The molecule has 1 saturated heterocycles. The number of imide groups is 1. The first-order chi connectivity index (χ1) is 11.0. The molecule has 5 nitrogen and oxygen atoms in total. The number of nitrogens with zero attached hydrogens (tertiary/aromatic N) is 2. The Morgan fingerprint density at radius 3 is 2.61 bits per heavy atom. The van der Waals surface area contributed by atoms with Crippen molar-refractivity contribution in [1.29, 1.82) is 0 Å². The van der Waals surface area contributed by atoms with Gasteiger partial charge in [0.15, 0.2) is 0 Å². The Bertz CT molecular complexity index is 628. The van der Waals surface area contributed by atoms with Crippen LogP contribution in [-0.2, 0) is 4.79 Å². The molecule has 1 aromatic carbocycles. The van der Waals surface area contributed by atoms with Crippen LogP contribution in [0.3, 0.4) is 0 Å². The Kier molecular flexibility index (Phi) is 4.10. The molecule has 0 radical (unpaired) electrons. The third kappa shape index (κ3) is 2.61. The van der Waals surface area contributed by atoms with E-state index in [-0.39, 0.29) is 18.5 Å². The zero-order valence-electron chi connectivity index (χ0n) is 13.2. The molecule has 1 aliphatic heterocycles. The first-order valence-electron chi connectivity index (χ1n) is 7.99. The third-order valence-electron chi connectivity index (χ3n) is 5.07. The molecule has 1 saturated carbocycles. The molecule has 0 unspecified atom stereocenters. The summed E-state index contributed by atoms with van der Waals surface area (Å²) >= 11 is 0. The zero-order chi connectivity index (χ0) is 16.6. The molecule has 1 spiro atoms. The van der Waals surface area contributed by atoms with E-state index in [9.17, 15) is 19.1 Å². The highest BCUT2D eigenvalue weighted by Gasteiger charge is 2.55. The van der Waals surface area contributed by atoms with E-state index in [1.807, 2.05) is 0 Å². The Labute approximate surface area is 134 Å². The van der Waals surface area contributed by atoms with Gasteiger partial charge in [-0.15, -0.1) is 0 Å². The smallest absolute Gasteiger partial charge is 0.327 e. The van der Waals surface area contributed by atoms with Crippen LogP contribution >= 0.6 is 0 Å². The molecule has 3 rings (SSSR count). The number of halogens is 1. The minimum Gasteiger partial charge on any atom is -0.387 e. The van der Waals surface area contributed by atoms with E-state index in [4.69, 9.17) is 0 Å². The number of benzene rings is 1. The fraction of sp³-hybridized carbons (Fsp3) is 0.529. The van der Waals surface area contributed by atoms with Gasteiger partial charge >= 0.3 is 6.03 Å². The lowest BCUT2D eigenvalue weighted by atomic mass is 9.80. The molecule has 1 N–H and O–H groups in total. The minimum absolute atomic E-state index is 0.146. The van der Waals surface area contributed by atoms with Gasteiger partial charge in [-0.25, -0.2) is 9.18 Å². The molecule has 0 aromatic heterocycles. The number of hydrogen-bond acceptors (Lipinski definition) is 3. The first-order valence-corrected chi connectivity index (χ1v) is 7.99. The number of likely N-dealkylation sites (N-methyl/N-ethyl adjacent to an activating group) is 1. The van der Waals surface area contributed by atoms with Gasteiger partial charge in [0, 0.05) is 7.05 Å². The largest absolute Gasteiger partial charge is 0.387 e. The van der Waals surface area contributed by atoms with Crippen molar-refractivity contribution in [2.45, 2.75) is 43.7 Å². The monoisotopic (exact) mass is 320 g/mol. The van der Waals surface area contributed by atoms with E-state index in [0.29, 0.717) is 18.4 Å². The van der Waals surface area contributed by atoms with Gasteiger partial charge in [0.25, 0.3) is 5.91 Å². The molecule has 2 aliphatic rings. The van der Waals surface area contributed by atoms with Gasteiger partial charge in [0.1, 0.15) is 11.4 Å². The standard InChI is InChI=1S/C17H21FN2O3/c1-19-16(23)20(15(22)17(19)8-3-2-4-9-17)11-14(21)12-6-5-7-13(18)10-12/h5-7,10,14,21H,2-4,8-9,11H2,1H3/t14-/m1/s1. The summed E-state index contributed by atoms with van der Waals surface area (Å²) in [5, 5.41) is 10.3. The second kappa shape index (κ2) is 5.92. The summed E-state index contributed by atoms with van der Waals surface area (Å²) in [6.45, 7) is -0.146. The van der Waals surface area contributed by atoms with Crippen molar-refractivity contribution in [3.63, 3.8) is 0 Å². The fourth-order valence-electron chi connectivity index (χ4n) is 3.68. The van der Waals surface area contributed by atoms with Gasteiger partial charge in [0.2, 0.25) is 0 Å². The quantitative estimate of drug-likeness (QED) is 0.870. The topological polar surface area (TPSA) is 60.9 Å². The summed E-state index contributed by atoms with van der Waals surface area (Å²) in [4.78, 5) is 27.9. The highest BCUT2D eigenvalue weighted by molar-refractivity contribution is 6.07. The zero-order valence-corrected chi connectivity index (χ0v) is 13.2. The van der Waals surface area contributed by atoms with Crippen molar-refractivity contribution in [2.24, 2.45) is 0 Å². The van der Waals surface area contributed by atoms with Crippen LogP contribution in [0.15, 0.2) is 24.3 Å². The first kappa shape index (κ1) is 15.9. The van der Waals surface area contributed by atoms with Crippen LogP contribution < -0.4 is 0 Å². The number of amides is 3. The molecule has 6 heteroatoms. The number of aliphatic hydroxyl groups is 1. The van der Waals surface area contributed by atoms with Crippen molar-refractivity contribution in [2.75, 3.05) is 13.6 Å². The molecule has 1 heterocycles. The van der Waals surface area contributed by atoms with Gasteiger partial charge in [-0.1, -0.05) is 31.4 Å². The van der Waals surface area contributed by atoms with E-state index in [0.717, 1.165) is 24.2 Å². The third-order valence-corrected chi connectivity index (χ3v) is 5.07. The maximum Gasteiger partial charge on any atom is 0.327 e. The highest BCUT2D eigenvalue weighted by Crippen LogP contribution is 2.39. The molecule has 1 aromatic rings. The van der Waals surface area contributed by atoms with E-state index in [1.54, 1.807) is 13.1 Å². The number of β-amino-alcohol motifs (C(OH)–C–C–N with tert-alkyl or cyclic N) is 1. The van der Waals surface area contributed by atoms with Crippen molar-refractivity contribution in [1.82, 2.24) is 9.80 Å². The van der Waals surface area contributed by atoms with Gasteiger partial charge in [0.05, 0.1) is 12.6 Å². The molecule has 2 fully saturated rings. The van der Waals surface area contributed by atoms with Gasteiger partial charge in [-0.3, -0.25) is 9.69 Å². The van der Waals surface area contributed by atoms with Gasteiger partial charge in [-0.2, -0.15) is 0 Å². The van der Waals surface area contributed by atoms with E-state index in [1.165, 1.54) is 23.1 Å². The molecule has 3 amide bonds. The van der Waals surface area contributed by atoms with Crippen LogP contribution in [0.1, 0.15) is 43.8 Å². The number of carbonyl (C=O) groups excluding carboxylic acids is 2. The summed E-state index contributed by atoms with van der Waals surface area (Å²) in [6.07, 6.45) is 3.16. The van der Waals surface area contributed by atoms with Crippen LogP contribution in [0, 0.1) is 5.82 Å². The van der Waals surface area contributed by atoms with Crippen molar-refractivity contribution in [3.8, 4) is 0 Å². The second-order valence-electron chi connectivity index (χ2n) is 6.42.